The van der Waals surface area contributed by atoms with Gasteiger partial charge in [0.05, 0.1) is 0 Å². The molecule has 2 nitrogen and oxygen atoms in total. The average molecular weight is 356 g/mol. The molecule has 8 heteroatoms. The zero-order chi connectivity index (χ0) is 18.3. The van der Waals surface area contributed by atoms with Crippen LogP contribution in [-0.4, -0.2) is 29.5 Å². The quantitative estimate of drug-likeness (QED) is 0.781. The van der Waals surface area contributed by atoms with E-state index < -0.39 is 30.8 Å². The maximum Gasteiger partial charge on any atom is 0.386 e. The molecule has 0 heterocycles. The van der Waals surface area contributed by atoms with Crippen molar-refractivity contribution in [3.8, 4) is 5.75 Å². The van der Waals surface area contributed by atoms with Gasteiger partial charge in [-0.2, -0.15) is 13.2 Å². The minimum Gasteiger partial charge on any atom is -0.490 e. The highest BCUT2D eigenvalue weighted by Crippen LogP contribution is 2.48. The molecule has 2 aliphatic rings. The van der Waals surface area contributed by atoms with Gasteiger partial charge in [-0.3, -0.25) is 0 Å². The van der Waals surface area contributed by atoms with Crippen molar-refractivity contribution in [1.29, 1.82) is 0 Å². The fourth-order valence-electron chi connectivity index (χ4n) is 2.76. The molecule has 1 unspecified atom stereocenters. The van der Waals surface area contributed by atoms with Crippen LogP contribution in [-0.2, 0) is 6.42 Å². The molecular weight excluding hydrogens is 338 g/mol. The van der Waals surface area contributed by atoms with Gasteiger partial charge in [-0.25, -0.2) is 13.2 Å². The first-order valence-electron chi connectivity index (χ1n) is 7.44. The van der Waals surface area contributed by atoms with Crippen LogP contribution in [0.2, 0.25) is 0 Å². The van der Waals surface area contributed by atoms with Gasteiger partial charge in [0.1, 0.15) is 24.1 Å². The second-order valence-corrected chi connectivity index (χ2v) is 6.20. The number of rotatable bonds is 2. The number of halogens is 6. The Morgan fingerprint density at radius 3 is 2.25 bits per heavy atom. The van der Waals surface area contributed by atoms with Crippen molar-refractivity contribution in [2.45, 2.75) is 63.6 Å². The summed E-state index contributed by atoms with van der Waals surface area (Å²) in [7, 11) is 0. The Kier molecular flexibility index (Phi) is 5.09. The smallest absolute Gasteiger partial charge is 0.386 e. The number of aliphatic hydroxyl groups is 1. The first-order valence-corrected chi connectivity index (χ1v) is 7.44. The summed E-state index contributed by atoms with van der Waals surface area (Å²) >= 11 is 0. The van der Waals surface area contributed by atoms with E-state index in [9.17, 15) is 31.4 Å². The Morgan fingerprint density at radius 1 is 1.21 bits per heavy atom. The van der Waals surface area contributed by atoms with E-state index in [-0.39, 0.29) is 18.6 Å². The Hall–Kier alpha value is -1.44. The van der Waals surface area contributed by atoms with Crippen molar-refractivity contribution >= 4 is 0 Å². The molecule has 0 aliphatic heterocycles. The van der Waals surface area contributed by atoms with Gasteiger partial charge < -0.3 is 9.84 Å². The highest BCUT2D eigenvalue weighted by molar-refractivity contribution is 5.50. The number of ether oxygens (including phenoxy) is 1. The standard InChI is InChI=1S/C14H15F3O2.C2H3F3/c1-7-2-3-11(19-9-4-8(15)5-9)10-6-14(16,17)13(18)12(7)10;1-2(3,4)5/h2-3,8-9,13,18H,4-6H2,1H3;1H3. The summed E-state index contributed by atoms with van der Waals surface area (Å²) in [6.45, 7) is 1.88. The summed E-state index contributed by atoms with van der Waals surface area (Å²) in [5, 5.41) is 9.70. The van der Waals surface area contributed by atoms with E-state index in [4.69, 9.17) is 4.74 Å². The first kappa shape index (κ1) is 18.9. The van der Waals surface area contributed by atoms with Crippen molar-refractivity contribution < 1.29 is 36.2 Å². The molecule has 136 valence electrons. The van der Waals surface area contributed by atoms with E-state index in [0.717, 1.165) is 0 Å². The zero-order valence-corrected chi connectivity index (χ0v) is 13.1. The molecule has 0 radical (unpaired) electrons. The molecule has 24 heavy (non-hydrogen) atoms. The summed E-state index contributed by atoms with van der Waals surface area (Å²) in [6.07, 6.45) is -6.78. The Labute approximate surface area is 135 Å². The molecule has 1 aromatic carbocycles. The van der Waals surface area contributed by atoms with Crippen molar-refractivity contribution in [2.24, 2.45) is 0 Å². The molecule has 0 bridgehead atoms. The number of aryl methyl sites for hydroxylation is 1. The van der Waals surface area contributed by atoms with E-state index in [2.05, 4.69) is 0 Å². The predicted molar refractivity (Wildman–Crippen MR) is 75.1 cm³/mol. The van der Waals surface area contributed by atoms with Gasteiger partial charge in [0.25, 0.3) is 5.92 Å². The number of benzene rings is 1. The monoisotopic (exact) mass is 356 g/mol. The SMILES string of the molecule is CC(F)(F)F.Cc1ccc(OC2CC(F)C2)c2c1C(O)C(F)(F)C2. The Bertz CT molecular complexity index is 587. The van der Waals surface area contributed by atoms with Crippen LogP contribution in [0, 0.1) is 6.92 Å². The number of aliphatic hydroxyl groups excluding tert-OH is 1. The lowest BCUT2D eigenvalue weighted by atomic mass is 9.93. The van der Waals surface area contributed by atoms with Crippen LogP contribution < -0.4 is 4.74 Å². The Morgan fingerprint density at radius 2 is 1.75 bits per heavy atom. The lowest BCUT2D eigenvalue weighted by Crippen LogP contribution is -2.35. The first-order chi connectivity index (χ1) is 10.9. The summed E-state index contributed by atoms with van der Waals surface area (Å²) in [5.41, 5.74) is 1.25. The molecule has 3 rings (SSSR count). The minimum atomic E-state index is -4.00. The molecule has 1 aromatic rings. The summed E-state index contributed by atoms with van der Waals surface area (Å²) < 4.78 is 76.6. The summed E-state index contributed by atoms with van der Waals surface area (Å²) in [6, 6.07) is 3.29. The molecular formula is C16H18F6O2. The average Bonchev–Trinajstić information content (AvgIpc) is 2.61. The third-order valence-electron chi connectivity index (χ3n) is 3.95. The zero-order valence-electron chi connectivity index (χ0n) is 13.1. The fraction of sp³-hybridized carbons (Fsp3) is 0.625. The third-order valence-corrected chi connectivity index (χ3v) is 3.95. The van der Waals surface area contributed by atoms with Gasteiger partial charge in [0, 0.05) is 31.7 Å². The van der Waals surface area contributed by atoms with Gasteiger partial charge in [-0.15, -0.1) is 0 Å². The van der Waals surface area contributed by atoms with Crippen LogP contribution in [0.1, 0.15) is 42.6 Å². The van der Waals surface area contributed by atoms with E-state index >= 15 is 0 Å². The highest BCUT2D eigenvalue weighted by Gasteiger charge is 2.49. The third kappa shape index (κ3) is 4.34. The molecule has 0 amide bonds. The molecule has 0 saturated heterocycles. The molecule has 0 spiro atoms. The molecule has 1 N–H and O–H groups in total. The van der Waals surface area contributed by atoms with Gasteiger partial charge in [0.15, 0.2) is 0 Å². The molecule has 0 aromatic heterocycles. The van der Waals surface area contributed by atoms with Crippen LogP contribution in [0.4, 0.5) is 26.3 Å². The van der Waals surface area contributed by atoms with Crippen LogP contribution in [0.15, 0.2) is 12.1 Å². The second kappa shape index (κ2) is 6.46. The molecule has 1 atom stereocenters. The van der Waals surface area contributed by atoms with E-state index in [1.54, 1.807) is 19.1 Å². The molecule has 1 saturated carbocycles. The summed E-state index contributed by atoms with van der Waals surface area (Å²) in [4.78, 5) is 0. The lowest BCUT2D eigenvalue weighted by Gasteiger charge is -2.31. The maximum atomic E-state index is 13.6. The minimum absolute atomic E-state index is 0.188. The van der Waals surface area contributed by atoms with Crippen LogP contribution in [0.3, 0.4) is 0 Å². The summed E-state index contributed by atoms with van der Waals surface area (Å²) in [5.74, 6) is -2.80. The van der Waals surface area contributed by atoms with E-state index in [0.29, 0.717) is 29.7 Å². The predicted octanol–water partition coefficient (Wildman–Crippen LogP) is 4.67. The molecule has 2 aliphatic carbocycles. The maximum absolute atomic E-state index is 13.6. The number of hydrogen-bond donors (Lipinski definition) is 1. The van der Waals surface area contributed by atoms with Crippen LogP contribution in [0.5, 0.6) is 5.75 Å². The van der Waals surface area contributed by atoms with E-state index in [1.807, 2.05) is 0 Å². The highest BCUT2D eigenvalue weighted by atomic mass is 19.4. The largest absolute Gasteiger partial charge is 0.490 e. The number of fused-ring (bicyclic) bond motifs is 1. The van der Waals surface area contributed by atoms with Gasteiger partial charge in [0.2, 0.25) is 0 Å². The van der Waals surface area contributed by atoms with Gasteiger partial charge in [-0.1, -0.05) is 6.07 Å². The van der Waals surface area contributed by atoms with Crippen molar-refractivity contribution in [1.82, 2.24) is 0 Å². The van der Waals surface area contributed by atoms with Crippen molar-refractivity contribution in [3.05, 3.63) is 28.8 Å². The fourth-order valence-corrected chi connectivity index (χ4v) is 2.76. The number of alkyl halides is 6. The number of hydrogen-bond acceptors (Lipinski definition) is 2. The van der Waals surface area contributed by atoms with Gasteiger partial charge >= 0.3 is 6.18 Å². The van der Waals surface area contributed by atoms with E-state index in [1.165, 1.54) is 0 Å². The van der Waals surface area contributed by atoms with Crippen LogP contribution in [0.25, 0.3) is 0 Å². The Balaban J connectivity index is 0.000000368. The van der Waals surface area contributed by atoms with Crippen molar-refractivity contribution in [2.75, 3.05) is 0 Å². The van der Waals surface area contributed by atoms with Crippen molar-refractivity contribution in [3.63, 3.8) is 0 Å². The normalized spacial score (nSPS) is 27.6. The lowest BCUT2D eigenvalue weighted by molar-refractivity contribution is -0.110. The van der Waals surface area contributed by atoms with Crippen LogP contribution >= 0.6 is 0 Å². The molecule has 1 fully saturated rings. The topological polar surface area (TPSA) is 29.5 Å². The second-order valence-electron chi connectivity index (χ2n) is 6.20. The van der Waals surface area contributed by atoms with Gasteiger partial charge in [-0.05, 0) is 24.1 Å².